The standard InChI is InChI=1S/C19H28O3/c1-18-8-7-12(20)9-11(18)3-4-13-14-5-6-16(21)19(14,2)17(22)10-15(13)18/h11-15,20H,3-10H2,1-2H3/t11-,12-,13-,14-,15-,18-,19-/m0/s1. The number of hydrogen-bond donors (Lipinski definition) is 1. The molecule has 3 nitrogen and oxygen atoms in total. The smallest absolute Gasteiger partial charge is 0.146 e. The molecular weight excluding hydrogens is 276 g/mol. The van der Waals surface area contributed by atoms with Crippen molar-refractivity contribution in [1.82, 2.24) is 0 Å². The first-order chi connectivity index (χ1) is 10.4. The van der Waals surface area contributed by atoms with E-state index in [1.54, 1.807) is 0 Å². The zero-order chi connectivity index (χ0) is 15.7. The van der Waals surface area contributed by atoms with E-state index in [-0.39, 0.29) is 29.0 Å². The van der Waals surface area contributed by atoms with Gasteiger partial charge in [-0.2, -0.15) is 0 Å². The van der Waals surface area contributed by atoms with E-state index in [9.17, 15) is 14.7 Å². The van der Waals surface area contributed by atoms with Gasteiger partial charge >= 0.3 is 0 Å². The Bertz CT molecular complexity index is 527. The maximum atomic E-state index is 12.9. The second-order valence-electron chi connectivity index (χ2n) is 8.88. The molecule has 0 saturated heterocycles. The summed E-state index contributed by atoms with van der Waals surface area (Å²) in [6, 6.07) is 0. The van der Waals surface area contributed by atoms with Gasteiger partial charge in [0.15, 0.2) is 0 Å². The van der Waals surface area contributed by atoms with Crippen LogP contribution in [0.1, 0.15) is 65.2 Å². The third kappa shape index (κ3) is 1.72. The van der Waals surface area contributed by atoms with Crippen LogP contribution in [0, 0.1) is 34.5 Å². The average molecular weight is 304 g/mol. The van der Waals surface area contributed by atoms with Crippen molar-refractivity contribution in [2.75, 3.05) is 0 Å². The van der Waals surface area contributed by atoms with Crippen molar-refractivity contribution in [2.24, 2.45) is 34.5 Å². The third-order valence-corrected chi connectivity index (χ3v) is 8.22. The van der Waals surface area contributed by atoms with Crippen LogP contribution in [-0.2, 0) is 9.59 Å². The molecule has 0 aromatic rings. The second kappa shape index (κ2) is 4.66. The SMILES string of the molecule is C[C@@]12C(=O)CC[C@H]1[C@@H]1CC[C@H]3C[C@@H](O)CC[C@]3(C)[C@H]1CC2=O. The van der Waals surface area contributed by atoms with Crippen LogP contribution in [-0.4, -0.2) is 22.8 Å². The molecule has 0 bridgehead atoms. The maximum Gasteiger partial charge on any atom is 0.146 e. The van der Waals surface area contributed by atoms with Gasteiger partial charge in [0, 0.05) is 12.8 Å². The lowest BCUT2D eigenvalue weighted by Crippen LogP contribution is -2.57. The molecule has 4 fully saturated rings. The van der Waals surface area contributed by atoms with E-state index in [0.717, 1.165) is 32.1 Å². The number of hydrogen-bond acceptors (Lipinski definition) is 3. The molecule has 0 radical (unpaired) electrons. The van der Waals surface area contributed by atoms with Crippen molar-refractivity contribution >= 4 is 11.6 Å². The van der Waals surface area contributed by atoms with Gasteiger partial charge in [0.1, 0.15) is 11.6 Å². The molecule has 1 N–H and O–H groups in total. The zero-order valence-electron chi connectivity index (χ0n) is 13.8. The van der Waals surface area contributed by atoms with Gasteiger partial charge in [-0.15, -0.1) is 0 Å². The highest BCUT2D eigenvalue weighted by Gasteiger charge is 2.63. The van der Waals surface area contributed by atoms with Crippen LogP contribution in [0.3, 0.4) is 0 Å². The van der Waals surface area contributed by atoms with Crippen LogP contribution in [0.4, 0.5) is 0 Å². The lowest BCUT2D eigenvalue weighted by atomic mass is 9.45. The summed E-state index contributed by atoms with van der Waals surface area (Å²) in [4.78, 5) is 25.2. The van der Waals surface area contributed by atoms with Crippen LogP contribution in [0.5, 0.6) is 0 Å². The molecule has 0 unspecified atom stereocenters. The fourth-order valence-electron chi connectivity index (χ4n) is 6.74. The predicted octanol–water partition coefficient (Wildman–Crippen LogP) is 3.14. The van der Waals surface area contributed by atoms with Crippen LogP contribution in [0.25, 0.3) is 0 Å². The van der Waals surface area contributed by atoms with E-state index in [1.807, 2.05) is 6.92 Å². The maximum absolute atomic E-state index is 12.9. The fourth-order valence-corrected chi connectivity index (χ4v) is 6.74. The molecule has 3 heteroatoms. The highest BCUT2D eigenvalue weighted by Crippen LogP contribution is 2.64. The highest BCUT2D eigenvalue weighted by atomic mass is 16.3. The molecule has 0 heterocycles. The minimum Gasteiger partial charge on any atom is -0.393 e. The van der Waals surface area contributed by atoms with Gasteiger partial charge in [-0.25, -0.2) is 0 Å². The third-order valence-electron chi connectivity index (χ3n) is 8.22. The van der Waals surface area contributed by atoms with Gasteiger partial charge < -0.3 is 5.11 Å². The molecule has 4 aliphatic rings. The van der Waals surface area contributed by atoms with Crippen LogP contribution >= 0.6 is 0 Å². The first kappa shape index (κ1) is 14.9. The van der Waals surface area contributed by atoms with Crippen molar-refractivity contribution in [3.8, 4) is 0 Å². The van der Waals surface area contributed by atoms with E-state index < -0.39 is 5.41 Å². The quantitative estimate of drug-likeness (QED) is 0.700. The summed E-state index contributed by atoms with van der Waals surface area (Å²) in [5.74, 6) is 2.25. The minimum atomic E-state index is -0.668. The van der Waals surface area contributed by atoms with Crippen molar-refractivity contribution < 1.29 is 14.7 Å². The topological polar surface area (TPSA) is 54.4 Å². The number of Topliss-reactive ketones (excluding diaryl/α,β-unsaturated/α-hetero) is 2. The number of aliphatic hydroxyl groups is 1. The number of carbonyl (C=O) groups is 2. The Kier molecular flexibility index (Phi) is 3.15. The van der Waals surface area contributed by atoms with E-state index >= 15 is 0 Å². The van der Waals surface area contributed by atoms with Gasteiger partial charge in [0.2, 0.25) is 0 Å². The normalized spacial score (nSPS) is 54.6. The van der Waals surface area contributed by atoms with Crippen molar-refractivity contribution in [1.29, 1.82) is 0 Å². The molecular formula is C19H28O3. The summed E-state index contributed by atoms with van der Waals surface area (Å²) in [6.45, 7) is 4.30. The fraction of sp³-hybridized carbons (Fsp3) is 0.895. The lowest BCUT2D eigenvalue weighted by molar-refractivity contribution is -0.159. The summed E-state index contributed by atoms with van der Waals surface area (Å²) >= 11 is 0. The van der Waals surface area contributed by atoms with Gasteiger partial charge in [-0.1, -0.05) is 6.92 Å². The molecule has 4 aliphatic carbocycles. The molecule has 0 spiro atoms. The molecule has 7 atom stereocenters. The first-order valence-corrected chi connectivity index (χ1v) is 9.12. The highest BCUT2D eigenvalue weighted by molar-refractivity contribution is 6.09. The monoisotopic (exact) mass is 304 g/mol. The largest absolute Gasteiger partial charge is 0.393 e. The summed E-state index contributed by atoms with van der Waals surface area (Å²) in [5, 5.41) is 10.0. The Morgan fingerprint density at radius 2 is 1.77 bits per heavy atom. The average Bonchev–Trinajstić information content (AvgIpc) is 2.79. The molecule has 0 aromatic carbocycles. The van der Waals surface area contributed by atoms with E-state index in [1.165, 1.54) is 6.42 Å². The lowest BCUT2D eigenvalue weighted by Gasteiger charge is -2.59. The number of fused-ring (bicyclic) bond motifs is 5. The Labute approximate surface area is 132 Å². The Balaban J connectivity index is 1.69. The Morgan fingerprint density at radius 3 is 2.55 bits per heavy atom. The van der Waals surface area contributed by atoms with Crippen molar-refractivity contribution in [3.63, 3.8) is 0 Å². The van der Waals surface area contributed by atoms with Crippen LogP contribution < -0.4 is 0 Å². The molecule has 22 heavy (non-hydrogen) atoms. The molecule has 0 aromatic heterocycles. The molecule has 4 saturated carbocycles. The van der Waals surface area contributed by atoms with Gasteiger partial charge in [0.25, 0.3) is 0 Å². The second-order valence-corrected chi connectivity index (χ2v) is 8.88. The number of carbonyl (C=O) groups excluding carboxylic acids is 2. The molecule has 122 valence electrons. The summed E-state index contributed by atoms with van der Waals surface area (Å²) in [5.41, 5.74) is -0.469. The summed E-state index contributed by atoms with van der Waals surface area (Å²) in [6.07, 6.45) is 7.15. The van der Waals surface area contributed by atoms with E-state index in [0.29, 0.717) is 30.6 Å². The summed E-state index contributed by atoms with van der Waals surface area (Å²) in [7, 11) is 0. The Morgan fingerprint density at radius 1 is 1.00 bits per heavy atom. The van der Waals surface area contributed by atoms with Crippen LogP contribution in [0.15, 0.2) is 0 Å². The summed E-state index contributed by atoms with van der Waals surface area (Å²) < 4.78 is 0. The molecule has 0 aliphatic heterocycles. The number of ketones is 2. The van der Waals surface area contributed by atoms with Crippen molar-refractivity contribution in [3.05, 3.63) is 0 Å². The van der Waals surface area contributed by atoms with E-state index in [4.69, 9.17) is 0 Å². The molecule has 4 rings (SSSR count). The predicted molar refractivity (Wildman–Crippen MR) is 83.1 cm³/mol. The zero-order valence-corrected chi connectivity index (χ0v) is 13.8. The van der Waals surface area contributed by atoms with Crippen LogP contribution in [0.2, 0.25) is 0 Å². The Hall–Kier alpha value is -0.700. The van der Waals surface area contributed by atoms with Crippen molar-refractivity contribution in [2.45, 2.75) is 71.3 Å². The van der Waals surface area contributed by atoms with E-state index in [2.05, 4.69) is 6.92 Å². The molecule has 0 amide bonds. The van der Waals surface area contributed by atoms with Gasteiger partial charge in [-0.3, -0.25) is 9.59 Å². The van der Waals surface area contributed by atoms with Gasteiger partial charge in [0.05, 0.1) is 11.5 Å². The van der Waals surface area contributed by atoms with Gasteiger partial charge in [-0.05, 0) is 74.5 Å². The number of aliphatic hydroxyl groups excluding tert-OH is 1. The first-order valence-electron chi connectivity index (χ1n) is 9.12. The minimum absolute atomic E-state index is 0.146. The number of rotatable bonds is 0.